The van der Waals surface area contributed by atoms with Gasteiger partial charge in [0.1, 0.15) is 5.75 Å². The summed E-state index contributed by atoms with van der Waals surface area (Å²) >= 11 is 5.96. The smallest absolute Gasteiger partial charge is 0.262 e. The average molecular weight is 387 g/mol. The first-order valence-electron chi connectivity index (χ1n) is 8.74. The molecule has 6 nitrogen and oxygen atoms in total. The highest BCUT2D eigenvalue weighted by atomic mass is 35.5. The molecule has 27 heavy (non-hydrogen) atoms. The van der Waals surface area contributed by atoms with E-state index >= 15 is 0 Å². The molecule has 0 aromatic heterocycles. The van der Waals surface area contributed by atoms with Crippen LogP contribution in [0.25, 0.3) is 0 Å². The van der Waals surface area contributed by atoms with E-state index in [0.29, 0.717) is 41.7 Å². The molecular weight excluding hydrogens is 368 g/mol. The van der Waals surface area contributed by atoms with Gasteiger partial charge in [0.05, 0.1) is 17.8 Å². The van der Waals surface area contributed by atoms with Crippen molar-refractivity contribution in [2.24, 2.45) is 0 Å². The molecule has 1 atom stereocenters. The summed E-state index contributed by atoms with van der Waals surface area (Å²) in [6.07, 6.45) is 1.40. The standard InChI is InChI=1S/C20H19ClN2O4/c21-15-4-1-13(2-5-15)10-20(7-8-26-12-20)23-19(25)14-3-6-16-17(9-14)27-11-18(24)22-16/h1-6,9H,7-8,10-12H2,(H,22,24)(H,23,25). The number of carbonyl (C=O) groups is 2. The highest BCUT2D eigenvalue weighted by Gasteiger charge is 2.37. The van der Waals surface area contributed by atoms with E-state index in [-0.39, 0.29) is 18.4 Å². The molecule has 140 valence electrons. The van der Waals surface area contributed by atoms with Gasteiger partial charge in [-0.3, -0.25) is 9.59 Å². The van der Waals surface area contributed by atoms with Gasteiger partial charge in [-0.25, -0.2) is 0 Å². The number of rotatable bonds is 4. The van der Waals surface area contributed by atoms with Gasteiger partial charge in [0.25, 0.3) is 11.8 Å². The van der Waals surface area contributed by atoms with E-state index < -0.39 is 5.54 Å². The molecule has 2 aromatic carbocycles. The maximum absolute atomic E-state index is 12.9. The SMILES string of the molecule is O=C1COc2cc(C(=O)NC3(Cc4ccc(Cl)cc4)CCOC3)ccc2N1. The topological polar surface area (TPSA) is 76.7 Å². The van der Waals surface area contributed by atoms with Gasteiger partial charge >= 0.3 is 0 Å². The Morgan fingerprint density at radius 1 is 1.22 bits per heavy atom. The number of halogens is 1. The number of carbonyl (C=O) groups excluding carboxylic acids is 2. The minimum absolute atomic E-state index is 0.0492. The summed E-state index contributed by atoms with van der Waals surface area (Å²) in [6.45, 7) is 1.01. The van der Waals surface area contributed by atoms with E-state index in [2.05, 4.69) is 10.6 Å². The van der Waals surface area contributed by atoms with Crippen LogP contribution in [0.3, 0.4) is 0 Å². The Kier molecular flexibility index (Phi) is 4.76. The Bertz CT molecular complexity index is 876. The predicted molar refractivity (Wildman–Crippen MR) is 101 cm³/mol. The summed E-state index contributed by atoms with van der Waals surface area (Å²) in [6, 6.07) is 12.6. The lowest BCUT2D eigenvalue weighted by atomic mass is 9.89. The Hall–Kier alpha value is -2.57. The molecule has 4 rings (SSSR count). The van der Waals surface area contributed by atoms with Gasteiger partial charge in [-0.2, -0.15) is 0 Å². The number of anilines is 1. The molecule has 0 bridgehead atoms. The molecule has 0 radical (unpaired) electrons. The van der Waals surface area contributed by atoms with Crippen LogP contribution in [-0.2, 0) is 16.0 Å². The van der Waals surface area contributed by atoms with E-state index in [0.717, 1.165) is 12.0 Å². The first kappa shape index (κ1) is 17.8. The fourth-order valence-electron chi connectivity index (χ4n) is 3.41. The summed E-state index contributed by atoms with van der Waals surface area (Å²) in [7, 11) is 0. The first-order valence-corrected chi connectivity index (χ1v) is 9.12. The number of amides is 2. The minimum Gasteiger partial charge on any atom is -0.482 e. The molecule has 0 aliphatic carbocycles. The van der Waals surface area contributed by atoms with Crippen molar-refractivity contribution >= 4 is 29.1 Å². The zero-order valence-electron chi connectivity index (χ0n) is 14.6. The van der Waals surface area contributed by atoms with Crippen molar-refractivity contribution in [3.05, 3.63) is 58.6 Å². The number of fused-ring (bicyclic) bond motifs is 1. The van der Waals surface area contributed by atoms with Crippen molar-refractivity contribution in [3.63, 3.8) is 0 Å². The normalized spacial score (nSPS) is 21.1. The number of hydrogen-bond acceptors (Lipinski definition) is 4. The molecular formula is C20H19ClN2O4. The van der Waals surface area contributed by atoms with Gasteiger partial charge in [0, 0.05) is 17.2 Å². The van der Waals surface area contributed by atoms with E-state index in [4.69, 9.17) is 21.1 Å². The van der Waals surface area contributed by atoms with Crippen molar-refractivity contribution in [1.82, 2.24) is 5.32 Å². The third-order valence-electron chi connectivity index (χ3n) is 4.81. The molecule has 2 amide bonds. The average Bonchev–Trinajstić information content (AvgIpc) is 3.11. The zero-order chi connectivity index (χ0) is 18.9. The zero-order valence-corrected chi connectivity index (χ0v) is 15.3. The van der Waals surface area contributed by atoms with Crippen LogP contribution in [0.15, 0.2) is 42.5 Å². The molecule has 2 aromatic rings. The van der Waals surface area contributed by atoms with Gasteiger partial charge in [-0.05, 0) is 48.7 Å². The third-order valence-corrected chi connectivity index (χ3v) is 5.07. The molecule has 2 aliphatic heterocycles. The van der Waals surface area contributed by atoms with Crippen LogP contribution in [0.4, 0.5) is 5.69 Å². The number of nitrogens with one attached hydrogen (secondary N) is 2. The van der Waals surface area contributed by atoms with Crippen molar-refractivity contribution in [2.45, 2.75) is 18.4 Å². The van der Waals surface area contributed by atoms with Crippen molar-refractivity contribution in [1.29, 1.82) is 0 Å². The highest BCUT2D eigenvalue weighted by molar-refractivity contribution is 6.30. The predicted octanol–water partition coefficient (Wildman–Crippen LogP) is 2.80. The van der Waals surface area contributed by atoms with E-state index in [1.807, 2.05) is 24.3 Å². The van der Waals surface area contributed by atoms with Crippen LogP contribution in [0, 0.1) is 0 Å². The molecule has 7 heteroatoms. The largest absolute Gasteiger partial charge is 0.482 e. The van der Waals surface area contributed by atoms with Crippen LogP contribution < -0.4 is 15.4 Å². The maximum Gasteiger partial charge on any atom is 0.262 e. The van der Waals surface area contributed by atoms with E-state index in [1.165, 1.54) is 0 Å². The van der Waals surface area contributed by atoms with Gasteiger partial charge in [-0.15, -0.1) is 0 Å². The van der Waals surface area contributed by atoms with Crippen LogP contribution in [0.2, 0.25) is 5.02 Å². The fraction of sp³-hybridized carbons (Fsp3) is 0.300. The van der Waals surface area contributed by atoms with Crippen LogP contribution in [-0.4, -0.2) is 37.2 Å². The van der Waals surface area contributed by atoms with Crippen LogP contribution in [0.1, 0.15) is 22.3 Å². The fourth-order valence-corrected chi connectivity index (χ4v) is 3.54. The quantitative estimate of drug-likeness (QED) is 0.847. The Morgan fingerprint density at radius 3 is 2.78 bits per heavy atom. The van der Waals surface area contributed by atoms with Crippen molar-refractivity contribution in [2.75, 3.05) is 25.1 Å². The van der Waals surface area contributed by atoms with Crippen LogP contribution in [0.5, 0.6) is 5.75 Å². The summed E-state index contributed by atoms with van der Waals surface area (Å²) in [4.78, 5) is 24.2. The number of ether oxygens (including phenoxy) is 2. The lowest BCUT2D eigenvalue weighted by Crippen LogP contribution is -2.50. The molecule has 1 unspecified atom stereocenters. The Labute approximate surface area is 161 Å². The van der Waals surface area contributed by atoms with Crippen molar-refractivity contribution in [3.8, 4) is 5.75 Å². The summed E-state index contributed by atoms with van der Waals surface area (Å²) in [5, 5.41) is 6.55. The summed E-state index contributed by atoms with van der Waals surface area (Å²) < 4.78 is 11.0. The first-order chi connectivity index (χ1) is 13.0. The molecule has 0 saturated carbocycles. The van der Waals surface area contributed by atoms with E-state index in [1.54, 1.807) is 18.2 Å². The van der Waals surface area contributed by atoms with Crippen molar-refractivity contribution < 1.29 is 19.1 Å². The molecule has 1 fully saturated rings. The second-order valence-corrected chi connectivity index (χ2v) is 7.32. The number of benzene rings is 2. The monoisotopic (exact) mass is 386 g/mol. The summed E-state index contributed by atoms with van der Waals surface area (Å²) in [5.41, 5.74) is 1.67. The second kappa shape index (κ2) is 7.21. The van der Waals surface area contributed by atoms with Crippen LogP contribution >= 0.6 is 11.6 Å². The molecule has 1 saturated heterocycles. The van der Waals surface area contributed by atoms with E-state index in [9.17, 15) is 9.59 Å². The highest BCUT2D eigenvalue weighted by Crippen LogP contribution is 2.30. The lowest BCUT2D eigenvalue weighted by molar-refractivity contribution is -0.118. The molecule has 2 aliphatic rings. The minimum atomic E-state index is -0.462. The second-order valence-electron chi connectivity index (χ2n) is 6.89. The lowest BCUT2D eigenvalue weighted by Gasteiger charge is -2.29. The Balaban J connectivity index is 1.52. The maximum atomic E-state index is 12.9. The molecule has 2 N–H and O–H groups in total. The Morgan fingerprint density at radius 2 is 2.04 bits per heavy atom. The third kappa shape index (κ3) is 3.91. The van der Waals surface area contributed by atoms with Gasteiger partial charge in [0.15, 0.2) is 6.61 Å². The molecule has 0 spiro atoms. The number of hydrogen-bond donors (Lipinski definition) is 2. The van der Waals surface area contributed by atoms with Gasteiger partial charge < -0.3 is 20.1 Å². The van der Waals surface area contributed by atoms with Gasteiger partial charge in [0.2, 0.25) is 0 Å². The summed E-state index contributed by atoms with van der Waals surface area (Å²) in [5.74, 6) is 0.0964. The van der Waals surface area contributed by atoms with Gasteiger partial charge in [-0.1, -0.05) is 23.7 Å². The molecule has 2 heterocycles.